The number of likely N-dealkylation sites (tertiary alicyclic amines) is 1. The highest BCUT2D eigenvalue weighted by Crippen LogP contribution is 2.22. The van der Waals surface area contributed by atoms with E-state index < -0.39 is 0 Å². The Balaban J connectivity index is 1.40. The maximum atomic E-state index is 13.2. The Labute approximate surface area is 179 Å². The Morgan fingerprint density at radius 3 is 2.81 bits per heavy atom. The number of fused-ring (bicyclic) bond motifs is 1. The zero-order valence-corrected chi connectivity index (χ0v) is 16.9. The number of hydrogen-bond donors (Lipinski definition) is 0. The van der Waals surface area contributed by atoms with Crippen molar-refractivity contribution in [1.29, 1.82) is 0 Å². The van der Waals surface area contributed by atoms with Crippen LogP contribution in [-0.2, 0) is 6.54 Å². The van der Waals surface area contributed by atoms with Gasteiger partial charge in [0.05, 0.1) is 23.8 Å². The van der Waals surface area contributed by atoms with Crippen molar-refractivity contribution in [3.05, 3.63) is 89.1 Å². The number of nitrogens with zero attached hydrogens (tertiary/aromatic N) is 5. The summed E-state index contributed by atoms with van der Waals surface area (Å²) in [5.41, 5.74) is 2.56. The second-order valence-corrected chi connectivity index (χ2v) is 7.66. The van der Waals surface area contributed by atoms with E-state index in [1.807, 2.05) is 47.4 Å². The van der Waals surface area contributed by atoms with E-state index in [1.54, 1.807) is 24.5 Å². The van der Waals surface area contributed by atoms with Crippen LogP contribution in [0.3, 0.4) is 0 Å². The van der Waals surface area contributed by atoms with E-state index >= 15 is 0 Å². The van der Waals surface area contributed by atoms with Crippen molar-refractivity contribution in [2.24, 2.45) is 0 Å². The SMILES string of the molecule is O=C(c1ccc2ccccc2n1)N1CCCC1Cn1nc(-c2cccnc2)ccc1=O. The molecule has 1 saturated heterocycles. The summed E-state index contributed by atoms with van der Waals surface area (Å²) in [4.78, 5) is 36.2. The van der Waals surface area contributed by atoms with Gasteiger partial charge in [-0.05, 0) is 43.2 Å². The molecule has 154 valence electrons. The molecule has 1 amide bonds. The zero-order chi connectivity index (χ0) is 21.2. The Bertz CT molecular complexity index is 1300. The largest absolute Gasteiger partial charge is 0.332 e. The highest BCUT2D eigenvalue weighted by molar-refractivity contribution is 5.95. The van der Waals surface area contributed by atoms with Crippen molar-refractivity contribution < 1.29 is 4.79 Å². The van der Waals surface area contributed by atoms with Gasteiger partial charge in [0.25, 0.3) is 11.5 Å². The van der Waals surface area contributed by atoms with E-state index in [2.05, 4.69) is 15.1 Å². The van der Waals surface area contributed by atoms with Gasteiger partial charge >= 0.3 is 0 Å². The molecule has 1 aliphatic rings. The third kappa shape index (κ3) is 3.82. The maximum absolute atomic E-state index is 13.2. The van der Waals surface area contributed by atoms with E-state index in [-0.39, 0.29) is 17.5 Å². The Hall–Kier alpha value is -3.87. The fourth-order valence-electron chi connectivity index (χ4n) is 4.07. The first-order valence-electron chi connectivity index (χ1n) is 10.3. The molecule has 1 fully saturated rings. The molecular weight excluding hydrogens is 390 g/mol. The number of pyridine rings is 2. The lowest BCUT2D eigenvalue weighted by molar-refractivity contribution is 0.0715. The van der Waals surface area contributed by atoms with Crippen LogP contribution in [0.25, 0.3) is 22.2 Å². The van der Waals surface area contributed by atoms with Crippen LogP contribution >= 0.6 is 0 Å². The topological polar surface area (TPSA) is 81.0 Å². The lowest BCUT2D eigenvalue weighted by Crippen LogP contribution is -2.40. The molecule has 1 aliphatic heterocycles. The summed E-state index contributed by atoms with van der Waals surface area (Å²) < 4.78 is 1.45. The van der Waals surface area contributed by atoms with Gasteiger partial charge in [-0.15, -0.1) is 0 Å². The molecule has 4 heterocycles. The molecule has 1 unspecified atom stereocenters. The molecule has 3 aromatic heterocycles. The van der Waals surface area contributed by atoms with Crippen molar-refractivity contribution in [1.82, 2.24) is 24.6 Å². The van der Waals surface area contributed by atoms with E-state index in [0.717, 1.165) is 29.3 Å². The molecule has 0 saturated carbocycles. The van der Waals surface area contributed by atoms with Crippen LogP contribution in [0.2, 0.25) is 0 Å². The molecule has 7 nitrogen and oxygen atoms in total. The minimum atomic E-state index is -0.184. The molecule has 0 aliphatic carbocycles. The van der Waals surface area contributed by atoms with Gasteiger partial charge < -0.3 is 4.90 Å². The van der Waals surface area contributed by atoms with Crippen molar-refractivity contribution >= 4 is 16.8 Å². The first-order chi connectivity index (χ1) is 15.2. The van der Waals surface area contributed by atoms with Crippen LogP contribution in [0, 0.1) is 0 Å². The molecule has 0 spiro atoms. The summed E-state index contributed by atoms with van der Waals surface area (Å²) in [5, 5.41) is 5.52. The standard InChI is InChI=1S/C24H21N5O2/c30-23-12-11-21(18-6-3-13-25-15-18)27-29(23)16-19-7-4-14-28(19)24(31)22-10-9-17-5-1-2-8-20(17)26-22/h1-3,5-6,8-13,15,19H,4,7,14,16H2. The van der Waals surface area contributed by atoms with Crippen LogP contribution in [-0.4, -0.2) is 43.1 Å². The maximum Gasteiger partial charge on any atom is 0.272 e. The monoisotopic (exact) mass is 411 g/mol. The number of benzene rings is 1. The third-order valence-corrected chi connectivity index (χ3v) is 5.66. The summed E-state index contributed by atoms with van der Waals surface area (Å²) >= 11 is 0. The number of carbonyl (C=O) groups is 1. The Kier molecular flexibility index (Phi) is 5.00. The fourth-order valence-corrected chi connectivity index (χ4v) is 4.07. The zero-order valence-electron chi connectivity index (χ0n) is 16.9. The van der Waals surface area contributed by atoms with Crippen LogP contribution < -0.4 is 5.56 Å². The predicted molar refractivity (Wildman–Crippen MR) is 118 cm³/mol. The van der Waals surface area contributed by atoms with Crippen LogP contribution in [0.5, 0.6) is 0 Å². The van der Waals surface area contributed by atoms with Crippen LogP contribution in [0.1, 0.15) is 23.3 Å². The molecule has 1 aromatic carbocycles. The van der Waals surface area contributed by atoms with Crippen LogP contribution in [0.4, 0.5) is 0 Å². The van der Waals surface area contributed by atoms with E-state index in [1.165, 1.54) is 10.7 Å². The molecule has 0 N–H and O–H groups in total. The summed E-state index contributed by atoms with van der Waals surface area (Å²) in [6, 6.07) is 18.3. The fraction of sp³-hybridized carbons (Fsp3) is 0.208. The Morgan fingerprint density at radius 1 is 1.03 bits per heavy atom. The third-order valence-electron chi connectivity index (χ3n) is 5.66. The normalized spacial score (nSPS) is 16.0. The highest BCUT2D eigenvalue weighted by atomic mass is 16.2. The minimum absolute atomic E-state index is 0.102. The van der Waals surface area contributed by atoms with Gasteiger partial charge in [0.2, 0.25) is 0 Å². The lowest BCUT2D eigenvalue weighted by atomic mass is 10.1. The van der Waals surface area contributed by atoms with E-state index in [9.17, 15) is 9.59 Å². The molecule has 1 atom stereocenters. The van der Waals surface area contributed by atoms with Gasteiger partial charge in [0.15, 0.2) is 0 Å². The number of carbonyl (C=O) groups excluding carboxylic acids is 1. The van der Waals surface area contributed by atoms with Crippen molar-refractivity contribution in [3.63, 3.8) is 0 Å². The molecular formula is C24H21N5O2. The number of para-hydroxylation sites is 1. The second kappa shape index (κ2) is 8.10. The second-order valence-electron chi connectivity index (χ2n) is 7.66. The number of hydrogen-bond acceptors (Lipinski definition) is 5. The van der Waals surface area contributed by atoms with Crippen LogP contribution in [0.15, 0.2) is 77.9 Å². The molecule has 5 rings (SSSR count). The molecule has 7 heteroatoms. The van der Waals surface area contributed by atoms with Crippen molar-refractivity contribution in [2.45, 2.75) is 25.4 Å². The average molecular weight is 411 g/mol. The minimum Gasteiger partial charge on any atom is -0.332 e. The first kappa shape index (κ1) is 19.1. The van der Waals surface area contributed by atoms with Gasteiger partial charge in [-0.25, -0.2) is 9.67 Å². The summed E-state index contributed by atoms with van der Waals surface area (Å²) in [5.74, 6) is -0.107. The number of amides is 1. The lowest BCUT2D eigenvalue weighted by Gasteiger charge is -2.24. The molecule has 0 bridgehead atoms. The molecule has 31 heavy (non-hydrogen) atoms. The van der Waals surface area contributed by atoms with E-state index in [0.29, 0.717) is 24.5 Å². The molecule has 0 radical (unpaired) electrons. The van der Waals surface area contributed by atoms with Gasteiger partial charge in [-0.3, -0.25) is 14.6 Å². The van der Waals surface area contributed by atoms with Crippen molar-refractivity contribution in [3.8, 4) is 11.3 Å². The average Bonchev–Trinajstić information content (AvgIpc) is 3.28. The highest BCUT2D eigenvalue weighted by Gasteiger charge is 2.31. The number of aromatic nitrogens is 4. The van der Waals surface area contributed by atoms with Crippen molar-refractivity contribution in [2.75, 3.05) is 6.54 Å². The smallest absolute Gasteiger partial charge is 0.272 e. The van der Waals surface area contributed by atoms with Gasteiger partial charge in [-0.2, -0.15) is 5.10 Å². The van der Waals surface area contributed by atoms with Gasteiger partial charge in [0.1, 0.15) is 5.69 Å². The summed E-state index contributed by atoms with van der Waals surface area (Å²) in [6.45, 7) is 1.00. The quantitative estimate of drug-likeness (QED) is 0.515. The summed E-state index contributed by atoms with van der Waals surface area (Å²) in [6.07, 6.45) is 5.13. The Morgan fingerprint density at radius 2 is 1.94 bits per heavy atom. The van der Waals surface area contributed by atoms with E-state index in [4.69, 9.17) is 0 Å². The summed E-state index contributed by atoms with van der Waals surface area (Å²) in [7, 11) is 0. The molecule has 4 aromatic rings. The van der Waals surface area contributed by atoms with Gasteiger partial charge in [-0.1, -0.05) is 24.3 Å². The predicted octanol–water partition coefficient (Wildman–Crippen LogP) is 3.16. The number of rotatable bonds is 4. The first-order valence-corrected chi connectivity index (χ1v) is 10.3. The van der Waals surface area contributed by atoms with Gasteiger partial charge in [0, 0.05) is 36.0 Å².